The van der Waals surface area contributed by atoms with E-state index < -0.39 is 33.6 Å². The molecule has 330 valence electrons. The molecule has 0 fully saturated rings. The van der Waals surface area contributed by atoms with Gasteiger partial charge in [-0.3, -0.25) is 4.79 Å². The van der Waals surface area contributed by atoms with Crippen LogP contribution >= 0.6 is 0 Å². The summed E-state index contributed by atoms with van der Waals surface area (Å²) in [5, 5.41) is 11.3. The molecule has 0 saturated heterocycles. The maximum Gasteiger partial charge on any atom is 0.192 e. The number of carbonyl (C=O) groups excluding carboxylic acids is 1. The molecule has 1 N–H and O–H groups in total. The van der Waals surface area contributed by atoms with Gasteiger partial charge in [-0.15, -0.1) is 0 Å². The van der Waals surface area contributed by atoms with Gasteiger partial charge in [-0.25, -0.2) is 8.78 Å². The first-order valence-electron chi connectivity index (χ1n) is 20.8. The van der Waals surface area contributed by atoms with Crippen LogP contribution in [0.5, 0.6) is 11.5 Å². The van der Waals surface area contributed by atoms with Gasteiger partial charge in [-0.1, -0.05) is 113 Å². The Labute approximate surface area is 362 Å². The minimum absolute atomic E-state index is 0.0334. The first kappa shape index (κ1) is 50.7. The van der Waals surface area contributed by atoms with Crippen molar-refractivity contribution in [1.82, 2.24) is 0 Å². The van der Waals surface area contributed by atoms with Gasteiger partial charge in [0, 0.05) is 22.1 Å². The van der Waals surface area contributed by atoms with E-state index in [1.807, 2.05) is 77.9 Å². The highest BCUT2D eigenvalue weighted by atomic mass is 28.4. The van der Waals surface area contributed by atoms with Gasteiger partial charge in [-0.05, 0) is 112 Å². The van der Waals surface area contributed by atoms with Crippen molar-refractivity contribution in [3.8, 4) is 33.8 Å². The van der Waals surface area contributed by atoms with E-state index in [-0.39, 0.29) is 27.5 Å². The van der Waals surface area contributed by atoms with E-state index >= 15 is 0 Å². The fourth-order valence-electron chi connectivity index (χ4n) is 5.78. The van der Waals surface area contributed by atoms with E-state index in [1.165, 1.54) is 12.1 Å². The number of methoxy groups -OCH3 is 2. The number of aliphatic hydroxyl groups excluding tert-OH is 1. The highest BCUT2D eigenvalue weighted by Crippen LogP contribution is 2.42. The molecule has 0 radical (unpaired) electrons. The van der Waals surface area contributed by atoms with Crippen LogP contribution in [0.2, 0.25) is 36.3 Å². The summed E-state index contributed by atoms with van der Waals surface area (Å²) < 4.78 is 52.7. The van der Waals surface area contributed by atoms with Crippen molar-refractivity contribution in [3.63, 3.8) is 0 Å². The van der Waals surface area contributed by atoms with Gasteiger partial charge >= 0.3 is 0 Å². The van der Waals surface area contributed by atoms with Crippen molar-refractivity contribution in [3.05, 3.63) is 107 Å². The summed E-state index contributed by atoms with van der Waals surface area (Å²) in [6.45, 7) is 34.5. The average molecular weight is 863 g/mol. The molecule has 0 aliphatic rings. The lowest BCUT2D eigenvalue weighted by atomic mass is 9.81. The molecule has 4 aromatic carbocycles. The minimum Gasteiger partial charge on any atom is -0.497 e. The predicted molar refractivity (Wildman–Crippen MR) is 249 cm³/mol. The van der Waals surface area contributed by atoms with Crippen LogP contribution in [0.1, 0.15) is 116 Å². The minimum atomic E-state index is -1.93. The molecule has 0 bridgehead atoms. The summed E-state index contributed by atoms with van der Waals surface area (Å²) in [5.74, 6) is 0.361. The second kappa shape index (κ2) is 19.2. The highest BCUT2D eigenvalue weighted by Gasteiger charge is 2.38. The van der Waals surface area contributed by atoms with Crippen molar-refractivity contribution < 1.29 is 37.0 Å². The smallest absolute Gasteiger partial charge is 0.192 e. The van der Waals surface area contributed by atoms with Crippen LogP contribution in [0, 0.1) is 22.5 Å². The van der Waals surface area contributed by atoms with E-state index in [4.69, 9.17) is 18.3 Å². The number of carbonyl (C=O) groups is 1. The largest absolute Gasteiger partial charge is 0.497 e. The van der Waals surface area contributed by atoms with Crippen molar-refractivity contribution in [2.24, 2.45) is 10.8 Å². The number of rotatable bonds is 12. The summed E-state index contributed by atoms with van der Waals surface area (Å²) in [7, 11) is -0.736. The number of ether oxygens (including phenoxy) is 2. The van der Waals surface area contributed by atoms with Gasteiger partial charge in [0.1, 0.15) is 23.1 Å². The van der Waals surface area contributed by atoms with Gasteiger partial charge in [0.2, 0.25) is 0 Å². The van der Waals surface area contributed by atoms with Gasteiger partial charge in [-0.2, -0.15) is 0 Å². The maximum atomic E-state index is 14.7. The van der Waals surface area contributed by atoms with Crippen LogP contribution < -0.4 is 9.47 Å². The lowest BCUT2D eigenvalue weighted by molar-refractivity contribution is 0.0630. The third-order valence-corrected chi connectivity index (χ3v) is 20.9. The zero-order valence-electron chi connectivity index (χ0n) is 39.7. The Morgan fingerprint density at radius 2 is 0.983 bits per heavy atom. The fourth-order valence-corrected chi connectivity index (χ4v) is 7.71. The van der Waals surface area contributed by atoms with Crippen molar-refractivity contribution >= 4 is 22.4 Å². The monoisotopic (exact) mass is 862 g/mol. The number of hydrogen-bond acceptors (Lipinski definition) is 6. The SMILES string of the molecule is COc1ccc(F)c(-c2ccc(CO[Si](C)(C)C(C)(C)C)cc2C(=O)C(C)(C)C)c1.COc1ccc(F)c(-c2ccc(CO[Si](C)(C)C(C)(C)C)cc2C(O)C(C)(C)C)c1. The Kier molecular flexibility index (Phi) is 16.2. The molecule has 0 heterocycles. The second-order valence-corrected chi connectivity index (χ2v) is 30.6. The van der Waals surface area contributed by atoms with Gasteiger partial charge in [0.05, 0.1) is 33.5 Å². The summed E-state index contributed by atoms with van der Waals surface area (Å²) in [5.41, 5.74) is 4.13. The van der Waals surface area contributed by atoms with E-state index in [0.29, 0.717) is 58.1 Å². The van der Waals surface area contributed by atoms with Crippen molar-refractivity contribution in [1.29, 1.82) is 0 Å². The molecule has 0 aliphatic heterocycles. The number of ketones is 1. The Balaban J connectivity index is 0.000000320. The summed E-state index contributed by atoms with van der Waals surface area (Å²) in [6, 6.07) is 20.6. The summed E-state index contributed by atoms with van der Waals surface area (Å²) >= 11 is 0. The molecular formula is C50H72F2O6Si2. The van der Waals surface area contributed by atoms with Crippen LogP contribution in [0.3, 0.4) is 0 Å². The highest BCUT2D eigenvalue weighted by molar-refractivity contribution is 6.74. The summed E-state index contributed by atoms with van der Waals surface area (Å²) in [4.78, 5) is 13.3. The van der Waals surface area contributed by atoms with Crippen LogP contribution in [0.25, 0.3) is 22.3 Å². The molecule has 1 atom stereocenters. The summed E-state index contributed by atoms with van der Waals surface area (Å²) in [6.07, 6.45) is -0.758. The molecular weight excluding hydrogens is 791 g/mol. The van der Waals surface area contributed by atoms with Gasteiger partial charge in [0.25, 0.3) is 0 Å². The Bertz CT molecular complexity index is 2100. The number of benzene rings is 4. The number of hydrogen-bond donors (Lipinski definition) is 1. The van der Waals surface area contributed by atoms with Crippen molar-refractivity contribution in [2.75, 3.05) is 14.2 Å². The number of halogens is 2. The number of Topliss-reactive ketones (excluding diaryl/α,β-unsaturated/α-hetero) is 1. The molecule has 0 spiro atoms. The first-order chi connectivity index (χ1) is 27.3. The molecule has 0 aromatic heterocycles. The number of aliphatic hydroxyl groups is 1. The van der Waals surface area contributed by atoms with Gasteiger partial charge in [0.15, 0.2) is 22.4 Å². The third-order valence-electron chi connectivity index (χ3n) is 12.0. The van der Waals surface area contributed by atoms with Gasteiger partial charge < -0.3 is 23.4 Å². The third kappa shape index (κ3) is 12.7. The fraction of sp³-hybridized carbons (Fsp3) is 0.500. The molecule has 4 aromatic rings. The average Bonchev–Trinajstić information content (AvgIpc) is 3.14. The predicted octanol–water partition coefficient (Wildman–Crippen LogP) is 14.4. The second-order valence-electron chi connectivity index (χ2n) is 20.9. The topological polar surface area (TPSA) is 74.2 Å². The zero-order chi connectivity index (χ0) is 45.8. The molecule has 6 nitrogen and oxygen atoms in total. The normalized spacial score (nSPS) is 13.3. The Morgan fingerprint density at radius 1 is 0.583 bits per heavy atom. The van der Waals surface area contributed by atoms with Crippen molar-refractivity contribution in [2.45, 2.75) is 139 Å². The molecule has 60 heavy (non-hydrogen) atoms. The van der Waals surface area contributed by atoms with Crippen LogP contribution in [0.15, 0.2) is 72.8 Å². The standard InChI is InChI=1S/C25H37FO3Si.C25H35FO3Si/c2*1-24(2,3)23(27)21-14-17(16-29-30(8,9)25(4,5)6)10-12-19(21)20-15-18(28-7)11-13-22(20)26/h10-15,23,27H,16H2,1-9H3;10-15H,16H2,1-9H3. The zero-order valence-corrected chi connectivity index (χ0v) is 41.7. The maximum absolute atomic E-state index is 14.7. The Hall–Kier alpha value is -3.68. The molecule has 0 saturated carbocycles. The molecule has 10 heteroatoms. The quantitative estimate of drug-likeness (QED) is 0.113. The lowest BCUT2D eigenvalue weighted by Gasteiger charge is -2.36. The van der Waals surface area contributed by atoms with Crippen LogP contribution in [-0.2, 0) is 22.1 Å². The first-order valence-corrected chi connectivity index (χ1v) is 26.6. The van der Waals surface area contributed by atoms with E-state index in [0.717, 1.165) is 11.1 Å². The van der Waals surface area contributed by atoms with Crippen LogP contribution in [-0.4, -0.2) is 41.7 Å². The van der Waals surface area contributed by atoms with E-state index in [1.54, 1.807) is 38.5 Å². The van der Waals surface area contributed by atoms with E-state index in [9.17, 15) is 18.7 Å². The molecule has 0 aliphatic carbocycles. The van der Waals surface area contributed by atoms with E-state index in [2.05, 4.69) is 67.7 Å². The lowest BCUT2D eigenvalue weighted by Crippen LogP contribution is -2.40. The molecule has 4 rings (SSSR count). The Morgan fingerprint density at radius 3 is 1.37 bits per heavy atom. The molecule has 0 amide bonds. The molecule has 1 unspecified atom stereocenters. The van der Waals surface area contributed by atoms with Crippen LogP contribution in [0.4, 0.5) is 8.78 Å².